The van der Waals surface area contributed by atoms with Gasteiger partial charge in [-0.3, -0.25) is 9.59 Å². The lowest BCUT2D eigenvalue weighted by atomic mass is 10.1. The van der Waals surface area contributed by atoms with E-state index in [2.05, 4.69) is 10.6 Å². The Morgan fingerprint density at radius 2 is 1.87 bits per heavy atom. The lowest BCUT2D eigenvalue weighted by Gasteiger charge is -2.08. The Labute approximate surface area is 134 Å². The van der Waals surface area contributed by atoms with Gasteiger partial charge in [0.15, 0.2) is 0 Å². The van der Waals surface area contributed by atoms with Crippen LogP contribution in [0.25, 0.3) is 0 Å². The third-order valence-corrected chi connectivity index (χ3v) is 3.21. The van der Waals surface area contributed by atoms with E-state index in [1.165, 1.54) is 0 Å². The van der Waals surface area contributed by atoms with Gasteiger partial charge in [0.25, 0.3) is 0 Å². The van der Waals surface area contributed by atoms with Gasteiger partial charge in [0, 0.05) is 0 Å². The molecule has 23 heavy (non-hydrogen) atoms. The minimum atomic E-state index is -0.370. The zero-order valence-corrected chi connectivity index (χ0v) is 12.8. The van der Waals surface area contributed by atoms with Crippen molar-refractivity contribution < 1.29 is 9.59 Å². The first-order valence-corrected chi connectivity index (χ1v) is 7.19. The highest BCUT2D eigenvalue weighted by Crippen LogP contribution is 2.13. The summed E-state index contributed by atoms with van der Waals surface area (Å²) in [7, 11) is 0. The van der Waals surface area contributed by atoms with Crippen LogP contribution in [0.15, 0.2) is 48.5 Å². The number of hydrogen-bond donors (Lipinski definition) is 2. The van der Waals surface area contributed by atoms with E-state index >= 15 is 0 Å². The minimum Gasteiger partial charge on any atom is -0.347 e. The molecule has 2 rings (SSSR count). The fraction of sp³-hybridized carbons (Fsp3) is 0.167. The Kier molecular flexibility index (Phi) is 5.48. The minimum absolute atomic E-state index is 0.135. The van der Waals surface area contributed by atoms with Crippen molar-refractivity contribution in [3.63, 3.8) is 0 Å². The number of amides is 2. The summed E-state index contributed by atoms with van der Waals surface area (Å²) in [5.74, 6) is -0.593. The molecule has 0 atom stereocenters. The predicted molar refractivity (Wildman–Crippen MR) is 87.7 cm³/mol. The van der Waals surface area contributed by atoms with E-state index in [4.69, 9.17) is 5.26 Å². The SMILES string of the molecule is Cc1cccc(CC(=O)NCC(=O)Nc2ccccc2C#N)c1. The van der Waals surface area contributed by atoms with Gasteiger partial charge < -0.3 is 10.6 Å². The van der Waals surface area contributed by atoms with E-state index in [1.807, 2.05) is 37.3 Å². The fourth-order valence-corrected chi connectivity index (χ4v) is 2.13. The summed E-state index contributed by atoms with van der Waals surface area (Å²) in [5, 5.41) is 14.2. The molecule has 2 N–H and O–H groups in total. The third kappa shape index (κ3) is 4.97. The van der Waals surface area contributed by atoms with Crippen LogP contribution < -0.4 is 10.6 Å². The summed E-state index contributed by atoms with van der Waals surface area (Å²) in [5.41, 5.74) is 2.80. The average molecular weight is 307 g/mol. The first-order chi connectivity index (χ1) is 11.1. The number of rotatable bonds is 5. The van der Waals surface area contributed by atoms with Gasteiger partial charge in [-0.1, -0.05) is 42.0 Å². The van der Waals surface area contributed by atoms with Crippen LogP contribution in [0.3, 0.4) is 0 Å². The highest BCUT2D eigenvalue weighted by atomic mass is 16.2. The summed E-state index contributed by atoms with van der Waals surface area (Å²) in [6.45, 7) is 1.83. The highest BCUT2D eigenvalue weighted by molar-refractivity contribution is 5.95. The summed E-state index contributed by atoms with van der Waals surface area (Å²) >= 11 is 0. The van der Waals surface area contributed by atoms with E-state index in [1.54, 1.807) is 24.3 Å². The maximum absolute atomic E-state index is 11.9. The molecule has 0 radical (unpaired) electrons. The van der Waals surface area contributed by atoms with E-state index in [0.29, 0.717) is 11.3 Å². The number of nitrogens with one attached hydrogen (secondary N) is 2. The number of benzene rings is 2. The Morgan fingerprint density at radius 1 is 1.09 bits per heavy atom. The van der Waals surface area contributed by atoms with Gasteiger partial charge in [0.2, 0.25) is 11.8 Å². The standard InChI is InChI=1S/C18H17N3O2/c1-13-5-4-6-14(9-13)10-17(22)20-12-18(23)21-16-8-3-2-7-15(16)11-19/h2-9H,10,12H2,1H3,(H,20,22)(H,21,23). The van der Waals surface area contributed by atoms with Crippen LogP contribution >= 0.6 is 0 Å². The Morgan fingerprint density at radius 3 is 2.61 bits per heavy atom. The van der Waals surface area contributed by atoms with Crippen LogP contribution in [0.5, 0.6) is 0 Å². The first kappa shape index (κ1) is 16.2. The number of carbonyl (C=O) groups excluding carboxylic acids is 2. The molecular formula is C18H17N3O2. The zero-order chi connectivity index (χ0) is 16.7. The molecule has 0 spiro atoms. The molecule has 0 unspecified atom stereocenters. The molecule has 0 heterocycles. The number of anilines is 1. The quantitative estimate of drug-likeness (QED) is 0.888. The van der Waals surface area contributed by atoms with Crippen molar-refractivity contribution >= 4 is 17.5 Å². The maximum atomic E-state index is 11.9. The first-order valence-electron chi connectivity index (χ1n) is 7.19. The van der Waals surface area contributed by atoms with E-state index in [9.17, 15) is 9.59 Å². The second-order valence-corrected chi connectivity index (χ2v) is 5.15. The highest BCUT2D eigenvalue weighted by Gasteiger charge is 2.09. The molecule has 0 aliphatic heterocycles. The number of aryl methyl sites for hydroxylation is 1. The van der Waals surface area contributed by atoms with Gasteiger partial charge in [0.1, 0.15) is 6.07 Å². The second kappa shape index (κ2) is 7.76. The van der Waals surface area contributed by atoms with Crippen molar-refractivity contribution in [2.45, 2.75) is 13.3 Å². The van der Waals surface area contributed by atoms with Crippen LogP contribution in [0.4, 0.5) is 5.69 Å². The van der Waals surface area contributed by atoms with Crippen LogP contribution in [0, 0.1) is 18.3 Å². The number of hydrogen-bond acceptors (Lipinski definition) is 3. The van der Waals surface area contributed by atoms with Gasteiger partial charge in [-0.15, -0.1) is 0 Å². The predicted octanol–water partition coefficient (Wildman–Crippen LogP) is 2.16. The number of carbonyl (C=O) groups is 2. The van der Waals surface area contributed by atoms with E-state index in [0.717, 1.165) is 11.1 Å². The second-order valence-electron chi connectivity index (χ2n) is 5.15. The van der Waals surface area contributed by atoms with Crippen LogP contribution in [0.1, 0.15) is 16.7 Å². The van der Waals surface area contributed by atoms with Gasteiger partial charge in [-0.05, 0) is 24.6 Å². The molecule has 5 nitrogen and oxygen atoms in total. The molecule has 0 fully saturated rings. The Bertz CT molecular complexity index is 763. The monoisotopic (exact) mass is 307 g/mol. The molecule has 0 saturated carbocycles. The number of nitriles is 1. The fourth-order valence-electron chi connectivity index (χ4n) is 2.13. The Balaban J connectivity index is 1.84. The van der Waals surface area contributed by atoms with Crippen LogP contribution in [0.2, 0.25) is 0 Å². The third-order valence-electron chi connectivity index (χ3n) is 3.21. The normalized spacial score (nSPS) is 9.74. The number of para-hydroxylation sites is 1. The molecule has 2 amide bonds. The van der Waals surface area contributed by atoms with Crippen molar-refractivity contribution in [2.75, 3.05) is 11.9 Å². The lowest BCUT2D eigenvalue weighted by molar-refractivity contribution is -0.123. The summed E-state index contributed by atoms with van der Waals surface area (Å²) in [4.78, 5) is 23.7. The van der Waals surface area contributed by atoms with Crippen LogP contribution in [-0.4, -0.2) is 18.4 Å². The summed E-state index contributed by atoms with van der Waals surface area (Å²) in [6.07, 6.45) is 0.226. The van der Waals surface area contributed by atoms with Crippen molar-refractivity contribution in [3.8, 4) is 6.07 Å². The average Bonchev–Trinajstić information content (AvgIpc) is 2.53. The maximum Gasteiger partial charge on any atom is 0.243 e. The van der Waals surface area contributed by atoms with Gasteiger partial charge in [-0.25, -0.2) is 0 Å². The van der Waals surface area contributed by atoms with Gasteiger partial charge >= 0.3 is 0 Å². The summed E-state index contributed by atoms with van der Waals surface area (Å²) < 4.78 is 0. The van der Waals surface area contributed by atoms with Crippen molar-refractivity contribution in [1.29, 1.82) is 5.26 Å². The molecule has 0 aliphatic carbocycles. The van der Waals surface area contributed by atoms with E-state index in [-0.39, 0.29) is 24.8 Å². The van der Waals surface area contributed by atoms with E-state index < -0.39 is 0 Å². The Hall–Kier alpha value is -3.13. The molecule has 0 aliphatic rings. The van der Waals surface area contributed by atoms with Crippen molar-refractivity contribution in [3.05, 3.63) is 65.2 Å². The molecule has 0 aromatic heterocycles. The van der Waals surface area contributed by atoms with Gasteiger partial charge in [-0.2, -0.15) is 5.26 Å². The molecule has 0 bridgehead atoms. The molecule has 0 saturated heterocycles. The summed E-state index contributed by atoms with van der Waals surface area (Å²) in [6, 6.07) is 16.4. The molecule has 5 heteroatoms. The largest absolute Gasteiger partial charge is 0.347 e. The van der Waals surface area contributed by atoms with Gasteiger partial charge in [0.05, 0.1) is 24.2 Å². The van der Waals surface area contributed by atoms with Crippen molar-refractivity contribution in [1.82, 2.24) is 5.32 Å². The molecule has 116 valence electrons. The molecule has 2 aromatic carbocycles. The topological polar surface area (TPSA) is 82.0 Å². The number of nitrogens with zero attached hydrogens (tertiary/aromatic N) is 1. The lowest BCUT2D eigenvalue weighted by Crippen LogP contribution is -2.33. The van der Waals surface area contributed by atoms with Crippen LogP contribution in [-0.2, 0) is 16.0 Å². The zero-order valence-electron chi connectivity index (χ0n) is 12.8. The smallest absolute Gasteiger partial charge is 0.243 e. The van der Waals surface area contributed by atoms with Crippen molar-refractivity contribution in [2.24, 2.45) is 0 Å². The molecular weight excluding hydrogens is 290 g/mol. The molecule has 2 aromatic rings.